The van der Waals surface area contributed by atoms with Crippen LogP contribution in [0.25, 0.3) is 0 Å². The first-order chi connectivity index (χ1) is 14.0. The van der Waals surface area contributed by atoms with Gasteiger partial charge in [0.25, 0.3) is 0 Å². The quantitative estimate of drug-likeness (QED) is 0.375. The lowest BCUT2D eigenvalue weighted by molar-refractivity contribution is -0.139. The first-order valence-corrected chi connectivity index (χ1v) is 9.56. The van der Waals surface area contributed by atoms with Crippen molar-refractivity contribution < 1.29 is 19.1 Å². The van der Waals surface area contributed by atoms with Gasteiger partial charge in [-0.3, -0.25) is 9.59 Å². The predicted octanol–water partition coefficient (Wildman–Crippen LogP) is 3.56. The number of carbonyl (C=O) groups excluding carboxylic acids is 2. The lowest BCUT2D eigenvalue weighted by atomic mass is 10.2. The van der Waals surface area contributed by atoms with E-state index in [2.05, 4.69) is 15.8 Å². The van der Waals surface area contributed by atoms with Gasteiger partial charge in [0, 0.05) is 12.1 Å². The van der Waals surface area contributed by atoms with Crippen molar-refractivity contribution in [3.05, 3.63) is 57.6 Å². The normalized spacial score (nSPS) is 10.6. The Morgan fingerprint density at radius 3 is 2.62 bits per heavy atom. The Hall–Kier alpha value is -2.77. The van der Waals surface area contributed by atoms with Crippen LogP contribution in [-0.2, 0) is 16.2 Å². The van der Waals surface area contributed by atoms with Crippen LogP contribution >= 0.6 is 23.2 Å². The molecule has 0 bridgehead atoms. The number of hydrogen-bond donors (Lipinski definition) is 2. The molecule has 2 N–H and O–H groups in total. The Labute approximate surface area is 179 Å². The maximum Gasteiger partial charge on any atom is 0.329 e. The average molecular weight is 438 g/mol. The molecule has 2 amide bonds. The van der Waals surface area contributed by atoms with E-state index < -0.39 is 11.8 Å². The molecule has 0 heterocycles. The van der Waals surface area contributed by atoms with Gasteiger partial charge in [0.2, 0.25) is 0 Å². The Kier molecular flexibility index (Phi) is 8.76. The molecule has 0 aliphatic carbocycles. The highest BCUT2D eigenvalue weighted by Crippen LogP contribution is 2.31. The first kappa shape index (κ1) is 22.5. The van der Waals surface area contributed by atoms with Crippen molar-refractivity contribution in [3.8, 4) is 11.5 Å². The van der Waals surface area contributed by atoms with Gasteiger partial charge >= 0.3 is 11.8 Å². The molecule has 0 radical (unpaired) electrons. The predicted molar refractivity (Wildman–Crippen MR) is 113 cm³/mol. The van der Waals surface area contributed by atoms with E-state index in [-0.39, 0.29) is 6.61 Å². The molecular formula is C20H21Cl2N3O4. The number of ether oxygens (including phenoxy) is 2. The molecule has 0 unspecified atom stereocenters. The molecule has 0 saturated heterocycles. The van der Waals surface area contributed by atoms with Crippen LogP contribution in [0.15, 0.2) is 41.5 Å². The molecule has 2 rings (SSSR count). The average Bonchev–Trinajstić information content (AvgIpc) is 2.72. The molecule has 0 aliphatic heterocycles. The van der Waals surface area contributed by atoms with Crippen LogP contribution in [0.1, 0.15) is 24.5 Å². The number of amides is 2. The Bertz CT molecular complexity index is 903. The lowest BCUT2D eigenvalue weighted by Gasteiger charge is -2.13. The second-order valence-corrected chi connectivity index (χ2v) is 6.69. The van der Waals surface area contributed by atoms with Gasteiger partial charge in [0.05, 0.1) is 23.4 Å². The number of halogens is 2. The smallest absolute Gasteiger partial charge is 0.329 e. The second kappa shape index (κ2) is 11.3. The standard InChI is InChI=1S/C20H21Cl2N3O4/c1-3-9-23-19(26)20(27)25-24-11-14-5-4-6-17(28-2)18(14)29-12-13-7-8-15(21)16(22)10-13/h4-8,10-11H,3,9,12H2,1-2H3,(H,23,26)(H,25,27)/b24-11-. The van der Waals surface area contributed by atoms with Gasteiger partial charge in [-0.25, -0.2) is 5.43 Å². The van der Waals surface area contributed by atoms with Crippen molar-refractivity contribution in [2.45, 2.75) is 20.0 Å². The molecule has 0 saturated carbocycles. The summed E-state index contributed by atoms with van der Waals surface area (Å²) in [4.78, 5) is 23.3. The summed E-state index contributed by atoms with van der Waals surface area (Å²) in [7, 11) is 1.52. The van der Waals surface area contributed by atoms with Gasteiger partial charge in [0.1, 0.15) is 6.61 Å². The number of nitrogens with zero attached hydrogens (tertiary/aromatic N) is 1. The van der Waals surface area contributed by atoms with E-state index in [9.17, 15) is 9.59 Å². The number of hydrazone groups is 1. The van der Waals surface area contributed by atoms with Crippen LogP contribution in [0.2, 0.25) is 10.0 Å². The summed E-state index contributed by atoms with van der Waals surface area (Å²) >= 11 is 12.0. The number of methoxy groups -OCH3 is 1. The lowest BCUT2D eigenvalue weighted by Crippen LogP contribution is -2.38. The molecule has 0 aromatic heterocycles. The third kappa shape index (κ3) is 6.66. The minimum absolute atomic E-state index is 0.212. The fourth-order valence-corrected chi connectivity index (χ4v) is 2.59. The highest BCUT2D eigenvalue weighted by molar-refractivity contribution is 6.42. The third-order valence-corrected chi connectivity index (χ3v) is 4.45. The van der Waals surface area contributed by atoms with E-state index in [1.165, 1.54) is 13.3 Å². The van der Waals surface area contributed by atoms with Crippen LogP contribution in [0.3, 0.4) is 0 Å². The van der Waals surface area contributed by atoms with E-state index in [4.69, 9.17) is 32.7 Å². The van der Waals surface area contributed by atoms with Gasteiger partial charge in [-0.1, -0.05) is 42.3 Å². The highest BCUT2D eigenvalue weighted by Gasteiger charge is 2.13. The van der Waals surface area contributed by atoms with Crippen molar-refractivity contribution in [2.75, 3.05) is 13.7 Å². The zero-order valence-electron chi connectivity index (χ0n) is 16.0. The van der Waals surface area contributed by atoms with E-state index in [0.29, 0.717) is 33.7 Å². The molecule has 0 fully saturated rings. The minimum Gasteiger partial charge on any atom is -0.493 e. The Morgan fingerprint density at radius 1 is 1.14 bits per heavy atom. The summed E-state index contributed by atoms with van der Waals surface area (Å²) < 4.78 is 11.2. The Morgan fingerprint density at radius 2 is 1.93 bits per heavy atom. The molecule has 2 aromatic rings. The van der Waals surface area contributed by atoms with Crippen LogP contribution < -0.4 is 20.2 Å². The fraction of sp³-hybridized carbons (Fsp3) is 0.250. The van der Waals surface area contributed by atoms with Crippen LogP contribution in [0, 0.1) is 0 Å². The minimum atomic E-state index is -0.851. The van der Waals surface area contributed by atoms with Crippen molar-refractivity contribution in [2.24, 2.45) is 5.10 Å². The zero-order valence-corrected chi connectivity index (χ0v) is 17.5. The SMILES string of the molecule is CCCNC(=O)C(=O)N/N=C\c1cccc(OC)c1OCc1ccc(Cl)c(Cl)c1. The number of carbonyl (C=O) groups is 2. The van der Waals surface area contributed by atoms with E-state index in [1.807, 2.05) is 6.92 Å². The van der Waals surface area contributed by atoms with Crippen molar-refractivity contribution in [3.63, 3.8) is 0 Å². The van der Waals surface area contributed by atoms with Crippen molar-refractivity contribution >= 4 is 41.2 Å². The van der Waals surface area contributed by atoms with Gasteiger partial charge in [-0.2, -0.15) is 5.10 Å². The summed E-state index contributed by atoms with van der Waals surface area (Å²) in [6.45, 7) is 2.51. The summed E-state index contributed by atoms with van der Waals surface area (Å²) in [5.74, 6) is -0.683. The molecular weight excluding hydrogens is 417 g/mol. The molecule has 0 atom stereocenters. The first-order valence-electron chi connectivity index (χ1n) is 8.81. The molecule has 2 aromatic carbocycles. The molecule has 9 heteroatoms. The highest BCUT2D eigenvalue weighted by atomic mass is 35.5. The second-order valence-electron chi connectivity index (χ2n) is 5.87. The topological polar surface area (TPSA) is 89.0 Å². The number of nitrogens with one attached hydrogen (secondary N) is 2. The number of rotatable bonds is 8. The molecule has 7 nitrogen and oxygen atoms in total. The van der Waals surface area contributed by atoms with Crippen molar-refractivity contribution in [1.82, 2.24) is 10.7 Å². The maximum absolute atomic E-state index is 11.7. The van der Waals surface area contributed by atoms with Crippen molar-refractivity contribution in [1.29, 1.82) is 0 Å². The van der Waals surface area contributed by atoms with Crippen LogP contribution in [0.5, 0.6) is 11.5 Å². The van der Waals surface area contributed by atoms with Gasteiger partial charge in [0.15, 0.2) is 11.5 Å². The fourth-order valence-electron chi connectivity index (χ4n) is 2.26. The van der Waals surface area contributed by atoms with E-state index in [1.54, 1.807) is 36.4 Å². The molecule has 0 aliphatic rings. The monoisotopic (exact) mass is 437 g/mol. The van der Waals surface area contributed by atoms with E-state index >= 15 is 0 Å². The van der Waals surface area contributed by atoms with Gasteiger partial charge < -0.3 is 14.8 Å². The molecule has 29 heavy (non-hydrogen) atoms. The largest absolute Gasteiger partial charge is 0.493 e. The number of para-hydroxylation sites is 1. The Balaban J connectivity index is 2.11. The van der Waals surface area contributed by atoms with E-state index in [0.717, 1.165) is 12.0 Å². The number of benzene rings is 2. The van der Waals surface area contributed by atoms with Crippen LogP contribution in [-0.4, -0.2) is 31.7 Å². The summed E-state index contributed by atoms with van der Waals surface area (Å²) in [5, 5.41) is 7.18. The van der Waals surface area contributed by atoms with Gasteiger partial charge in [-0.05, 0) is 36.2 Å². The summed E-state index contributed by atoms with van der Waals surface area (Å²) in [6, 6.07) is 10.4. The maximum atomic E-state index is 11.7. The number of hydrogen-bond acceptors (Lipinski definition) is 5. The third-order valence-electron chi connectivity index (χ3n) is 3.71. The zero-order chi connectivity index (χ0) is 21.2. The van der Waals surface area contributed by atoms with Crippen LogP contribution in [0.4, 0.5) is 0 Å². The van der Waals surface area contributed by atoms with Gasteiger partial charge in [-0.15, -0.1) is 0 Å². The summed E-state index contributed by atoms with van der Waals surface area (Å²) in [6.07, 6.45) is 2.10. The molecule has 0 spiro atoms. The molecule has 154 valence electrons. The summed E-state index contributed by atoms with van der Waals surface area (Å²) in [5.41, 5.74) is 3.55.